The number of nitrogens with one attached hydrogen (secondary N) is 2. The first-order valence-electron chi connectivity index (χ1n) is 9.10. The molecule has 150 valence electrons. The zero-order valence-electron chi connectivity index (χ0n) is 15.7. The quantitative estimate of drug-likeness (QED) is 0.311. The predicted molar refractivity (Wildman–Crippen MR) is 121 cm³/mol. The van der Waals surface area contributed by atoms with Crippen molar-refractivity contribution in [2.45, 2.75) is 37.9 Å². The summed E-state index contributed by atoms with van der Waals surface area (Å²) >= 11 is 6.21. The molecule has 3 aromatic rings. The van der Waals surface area contributed by atoms with Crippen molar-refractivity contribution in [1.82, 2.24) is 15.0 Å². The van der Waals surface area contributed by atoms with Crippen LogP contribution >= 0.6 is 39.0 Å². The van der Waals surface area contributed by atoms with Gasteiger partial charge in [0.1, 0.15) is 4.70 Å². The smallest absolute Gasteiger partial charge is 0.306 e. The highest BCUT2D eigenvalue weighted by Gasteiger charge is 2.16. The zero-order chi connectivity index (χ0) is 20.1. The number of aryl methyl sites for hydroxylation is 1. The van der Waals surface area contributed by atoms with Crippen molar-refractivity contribution in [3.63, 3.8) is 0 Å². The zero-order valence-corrected chi connectivity index (χ0v) is 19.0. The number of aromatic amines is 1. The Morgan fingerprint density at radius 1 is 1.32 bits per heavy atom. The molecule has 3 rings (SSSR count). The fourth-order valence-electron chi connectivity index (χ4n) is 2.88. The normalized spacial score (nSPS) is 12.6. The number of thiazole rings is 1. The first kappa shape index (κ1) is 21.3. The molecule has 0 saturated carbocycles. The number of anilines is 1. The minimum Gasteiger partial charge on any atom is -0.394 e. The monoisotopic (exact) mass is 482 g/mol. The summed E-state index contributed by atoms with van der Waals surface area (Å²) in [4.78, 5) is 23.6. The second-order valence-corrected chi connectivity index (χ2v) is 9.79. The van der Waals surface area contributed by atoms with Crippen LogP contribution in [0.5, 0.6) is 0 Å². The number of nitrogens with zero attached hydrogens (tertiary/aromatic N) is 2. The summed E-state index contributed by atoms with van der Waals surface area (Å²) < 4.78 is 1.79. The van der Waals surface area contributed by atoms with Crippen LogP contribution in [0, 0.1) is 5.92 Å². The van der Waals surface area contributed by atoms with Crippen molar-refractivity contribution >= 4 is 55.2 Å². The Morgan fingerprint density at radius 2 is 2.11 bits per heavy atom. The fourth-order valence-corrected chi connectivity index (χ4v) is 4.91. The average Bonchev–Trinajstić information content (AvgIpc) is 3.03. The van der Waals surface area contributed by atoms with E-state index in [4.69, 9.17) is 0 Å². The van der Waals surface area contributed by atoms with E-state index in [0.29, 0.717) is 27.2 Å². The Hall–Kier alpha value is -1.42. The maximum atomic E-state index is 11.8. The lowest BCUT2D eigenvalue weighted by molar-refractivity contribution is 0.259. The lowest BCUT2D eigenvalue weighted by Gasteiger charge is -2.19. The summed E-state index contributed by atoms with van der Waals surface area (Å²) in [6, 6.07) is 8.03. The van der Waals surface area contributed by atoms with Crippen LogP contribution in [0.25, 0.3) is 10.3 Å². The molecule has 0 amide bonds. The average molecular weight is 483 g/mol. The lowest BCUT2D eigenvalue weighted by atomic mass is 10.0. The number of benzene rings is 1. The molecule has 2 aromatic heterocycles. The van der Waals surface area contributed by atoms with Gasteiger partial charge < -0.3 is 10.4 Å². The third kappa shape index (κ3) is 5.56. The second-order valence-electron chi connectivity index (χ2n) is 6.89. The van der Waals surface area contributed by atoms with Gasteiger partial charge in [-0.2, -0.15) is 0 Å². The highest BCUT2D eigenvalue weighted by molar-refractivity contribution is 9.10. The van der Waals surface area contributed by atoms with Crippen molar-refractivity contribution in [3.8, 4) is 0 Å². The first-order chi connectivity index (χ1) is 13.5. The third-order valence-corrected chi connectivity index (χ3v) is 6.64. The number of hydrogen-bond acceptors (Lipinski definition) is 7. The van der Waals surface area contributed by atoms with Crippen molar-refractivity contribution < 1.29 is 5.11 Å². The molecule has 0 aliphatic carbocycles. The Bertz CT molecular complexity index is 989. The van der Waals surface area contributed by atoms with Gasteiger partial charge in [0.15, 0.2) is 16.6 Å². The number of hydrogen-bond donors (Lipinski definition) is 3. The van der Waals surface area contributed by atoms with E-state index in [2.05, 4.69) is 56.1 Å². The van der Waals surface area contributed by atoms with E-state index in [1.807, 2.05) is 18.2 Å². The standard InChI is InChI=1S/C19H23BrN4O2S2/c1-11(2)9-13(10-25)21-16-15-17(24-19(26)28-15)23-18(22-16)27-8-7-12-5-3-4-6-14(12)20/h3-6,11,13,25H,7-10H2,1-2H3,(H2,21,22,23,24,26)/t13-/m1/s1. The third-order valence-electron chi connectivity index (χ3n) is 4.14. The van der Waals surface area contributed by atoms with E-state index in [0.717, 1.165) is 34.4 Å². The van der Waals surface area contributed by atoms with Gasteiger partial charge >= 0.3 is 4.87 Å². The SMILES string of the molecule is CC(C)C[C@H](CO)Nc1nc(SCCc2ccccc2Br)nc2[nH]c(=O)sc12. The molecule has 0 aliphatic heterocycles. The fraction of sp³-hybridized carbons (Fsp3) is 0.421. The Kier molecular flexibility index (Phi) is 7.50. The molecule has 1 aromatic carbocycles. The van der Waals surface area contributed by atoms with Crippen LogP contribution in [0.1, 0.15) is 25.8 Å². The van der Waals surface area contributed by atoms with Crippen molar-refractivity contribution in [2.24, 2.45) is 5.92 Å². The molecular formula is C19H23BrN4O2S2. The summed E-state index contributed by atoms with van der Waals surface area (Å²) in [5, 5.41) is 13.6. The van der Waals surface area contributed by atoms with Gasteiger partial charge in [0.25, 0.3) is 0 Å². The van der Waals surface area contributed by atoms with Crippen LogP contribution in [-0.2, 0) is 6.42 Å². The largest absolute Gasteiger partial charge is 0.394 e. The maximum Gasteiger partial charge on any atom is 0.306 e. The number of thioether (sulfide) groups is 1. The molecule has 1 atom stereocenters. The first-order valence-corrected chi connectivity index (χ1v) is 11.7. The number of aliphatic hydroxyl groups is 1. The predicted octanol–water partition coefficient (Wildman–Crippen LogP) is 4.30. The molecule has 0 saturated heterocycles. The number of H-pyrrole nitrogens is 1. The van der Waals surface area contributed by atoms with Gasteiger partial charge in [-0.3, -0.25) is 9.78 Å². The molecule has 0 unspecified atom stereocenters. The number of aliphatic hydroxyl groups excluding tert-OH is 1. The van der Waals surface area contributed by atoms with Gasteiger partial charge in [0.2, 0.25) is 0 Å². The molecule has 9 heteroatoms. The Morgan fingerprint density at radius 3 is 2.82 bits per heavy atom. The van der Waals surface area contributed by atoms with Gasteiger partial charge in [-0.15, -0.1) is 0 Å². The number of rotatable bonds is 9. The molecular weight excluding hydrogens is 460 g/mol. The topological polar surface area (TPSA) is 90.9 Å². The Balaban J connectivity index is 1.79. The summed E-state index contributed by atoms with van der Waals surface area (Å²) in [6.45, 7) is 4.22. The van der Waals surface area contributed by atoms with Crippen LogP contribution < -0.4 is 10.2 Å². The van der Waals surface area contributed by atoms with E-state index in [1.165, 1.54) is 5.56 Å². The van der Waals surface area contributed by atoms with E-state index in [9.17, 15) is 9.90 Å². The van der Waals surface area contributed by atoms with Crippen LogP contribution in [-0.4, -0.2) is 38.5 Å². The molecule has 0 radical (unpaired) electrons. The highest BCUT2D eigenvalue weighted by Crippen LogP contribution is 2.27. The van der Waals surface area contributed by atoms with E-state index in [-0.39, 0.29) is 17.5 Å². The summed E-state index contributed by atoms with van der Waals surface area (Å²) in [7, 11) is 0. The van der Waals surface area contributed by atoms with Crippen molar-refractivity contribution in [2.75, 3.05) is 17.7 Å². The van der Waals surface area contributed by atoms with Gasteiger partial charge in [0.05, 0.1) is 12.6 Å². The van der Waals surface area contributed by atoms with Gasteiger partial charge in [-0.1, -0.05) is 71.1 Å². The molecule has 28 heavy (non-hydrogen) atoms. The maximum absolute atomic E-state index is 11.8. The minimum atomic E-state index is -0.160. The lowest BCUT2D eigenvalue weighted by Crippen LogP contribution is -2.26. The van der Waals surface area contributed by atoms with Crippen LogP contribution in [0.2, 0.25) is 0 Å². The van der Waals surface area contributed by atoms with Crippen LogP contribution in [0.15, 0.2) is 38.7 Å². The summed E-state index contributed by atoms with van der Waals surface area (Å²) in [5.74, 6) is 1.86. The number of aromatic nitrogens is 3. The molecule has 2 heterocycles. The highest BCUT2D eigenvalue weighted by atomic mass is 79.9. The van der Waals surface area contributed by atoms with Crippen LogP contribution in [0.4, 0.5) is 5.82 Å². The van der Waals surface area contributed by atoms with Gasteiger partial charge in [-0.05, 0) is 30.4 Å². The molecule has 0 fully saturated rings. The minimum absolute atomic E-state index is 0.00745. The van der Waals surface area contributed by atoms with Gasteiger partial charge in [0, 0.05) is 10.2 Å². The number of fused-ring (bicyclic) bond motifs is 1. The summed E-state index contributed by atoms with van der Waals surface area (Å²) in [6.07, 6.45) is 1.69. The Labute approximate surface area is 180 Å². The molecule has 0 bridgehead atoms. The molecule has 3 N–H and O–H groups in total. The molecule has 6 nitrogen and oxygen atoms in total. The summed E-state index contributed by atoms with van der Waals surface area (Å²) in [5.41, 5.74) is 1.77. The number of halogens is 1. The van der Waals surface area contributed by atoms with Gasteiger partial charge in [-0.25, -0.2) is 9.97 Å². The van der Waals surface area contributed by atoms with E-state index >= 15 is 0 Å². The second kappa shape index (κ2) is 9.87. The molecule has 0 aliphatic rings. The van der Waals surface area contributed by atoms with Crippen molar-refractivity contribution in [3.05, 3.63) is 44.0 Å². The van der Waals surface area contributed by atoms with Crippen molar-refractivity contribution in [1.29, 1.82) is 0 Å². The van der Waals surface area contributed by atoms with Crippen LogP contribution in [0.3, 0.4) is 0 Å². The van der Waals surface area contributed by atoms with E-state index < -0.39 is 0 Å². The van der Waals surface area contributed by atoms with E-state index in [1.54, 1.807) is 11.8 Å². The molecule has 0 spiro atoms.